The Bertz CT molecular complexity index is 180. The number of rotatable bonds is 3. The van der Waals surface area contributed by atoms with Gasteiger partial charge in [-0.25, -0.2) is 0 Å². The van der Waals surface area contributed by atoms with E-state index in [9.17, 15) is 0 Å². The van der Waals surface area contributed by atoms with Gasteiger partial charge in [0.1, 0.15) is 6.10 Å². The van der Waals surface area contributed by atoms with Gasteiger partial charge >= 0.3 is 0 Å². The minimum absolute atomic E-state index is 0.279. The van der Waals surface area contributed by atoms with Crippen LogP contribution in [0.2, 0.25) is 18.1 Å². The summed E-state index contributed by atoms with van der Waals surface area (Å²) in [6.07, 6.45) is 0.648. The first-order valence-corrected chi connectivity index (χ1v) is 7.94. The van der Waals surface area contributed by atoms with Gasteiger partial charge in [0, 0.05) is 0 Å². The van der Waals surface area contributed by atoms with Gasteiger partial charge in [-0.1, -0.05) is 20.8 Å². The van der Waals surface area contributed by atoms with Gasteiger partial charge in [0.05, 0.1) is 12.7 Å². The van der Waals surface area contributed by atoms with Crippen LogP contribution < -0.4 is 0 Å². The molecule has 2 atom stereocenters. The SMILES string of the molecule is C[C@@H](O[Si](C)(C)C(C)(C)C)[C@H]1CO1. The quantitative estimate of drug-likeness (QED) is 0.518. The van der Waals surface area contributed by atoms with Crippen molar-refractivity contribution >= 4 is 8.32 Å². The minimum atomic E-state index is -1.57. The first-order valence-electron chi connectivity index (χ1n) is 5.03. The third kappa shape index (κ3) is 2.79. The fourth-order valence-corrected chi connectivity index (χ4v) is 2.48. The first-order chi connectivity index (χ1) is 5.74. The number of hydrogen-bond donors (Lipinski definition) is 0. The Kier molecular flexibility index (Phi) is 2.91. The molecule has 0 bridgehead atoms. The zero-order valence-corrected chi connectivity index (χ0v) is 10.7. The van der Waals surface area contributed by atoms with E-state index in [0.717, 1.165) is 6.61 Å². The summed E-state index contributed by atoms with van der Waals surface area (Å²) in [5, 5.41) is 0.302. The second kappa shape index (κ2) is 3.37. The van der Waals surface area contributed by atoms with Crippen LogP contribution in [0.1, 0.15) is 27.7 Å². The Labute approximate surface area is 82.7 Å². The van der Waals surface area contributed by atoms with E-state index >= 15 is 0 Å². The summed E-state index contributed by atoms with van der Waals surface area (Å²) >= 11 is 0. The van der Waals surface area contributed by atoms with Crippen LogP contribution in [0, 0.1) is 0 Å². The monoisotopic (exact) mass is 202 g/mol. The van der Waals surface area contributed by atoms with E-state index in [1.54, 1.807) is 0 Å². The molecule has 0 radical (unpaired) electrons. The van der Waals surface area contributed by atoms with Gasteiger partial charge in [-0.2, -0.15) is 0 Å². The number of hydrogen-bond acceptors (Lipinski definition) is 2. The molecule has 0 saturated carbocycles. The van der Waals surface area contributed by atoms with Crippen LogP contribution in [0.4, 0.5) is 0 Å². The predicted octanol–water partition coefficient (Wildman–Crippen LogP) is 2.80. The number of ether oxygens (including phenoxy) is 1. The topological polar surface area (TPSA) is 21.8 Å². The molecule has 3 heteroatoms. The lowest BCUT2D eigenvalue weighted by Gasteiger charge is -2.38. The van der Waals surface area contributed by atoms with Gasteiger partial charge in [-0.15, -0.1) is 0 Å². The average molecular weight is 202 g/mol. The molecule has 78 valence electrons. The summed E-state index contributed by atoms with van der Waals surface area (Å²) < 4.78 is 11.4. The van der Waals surface area contributed by atoms with E-state index in [-0.39, 0.29) is 6.10 Å². The zero-order valence-electron chi connectivity index (χ0n) is 9.68. The van der Waals surface area contributed by atoms with Crippen LogP contribution in [0.3, 0.4) is 0 Å². The van der Waals surface area contributed by atoms with Gasteiger partial charge < -0.3 is 9.16 Å². The highest BCUT2D eigenvalue weighted by atomic mass is 28.4. The molecule has 0 spiro atoms. The molecular formula is C10H22O2Si. The van der Waals surface area contributed by atoms with E-state index in [4.69, 9.17) is 9.16 Å². The fraction of sp³-hybridized carbons (Fsp3) is 1.00. The Morgan fingerprint density at radius 2 is 1.85 bits per heavy atom. The van der Waals surface area contributed by atoms with E-state index in [1.807, 2.05) is 0 Å². The van der Waals surface area contributed by atoms with Crippen molar-refractivity contribution in [1.29, 1.82) is 0 Å². The van der Waals surface area contributed by atoms with Crippen LogP contribution in [-0.4, -0.2) is 27.1 Å². The second-order valence-corrected chi connectivity index (χ2v) is 10.2. The predicted molar refractivity (Wildman–Crippen MR) is 57.5 cm³/mol. The van der Waals surface area contributed by atoms with Crippen molar-refractivity contribution in [2.45, 2.75) is 58.0 Å². The Hall–Kier alpha value is 0.137. The highest BCUT2D eigenvalue weighted by molar-refractivity contribution is 6.74. The van der Waals surface area contributed by atoms with E-state index in [2.05, 4.69) is 40.8 Å². The molecular weight excluding hydrogens is 180 g/mol. The Morgan fingerprint density at radius 3 is 2.15 bits per heavy atom. The summed E-state index contributed by atoms with van der Waals surface area (Å²) in [7, 11) is -1.57. The van der Waals surface area contributed by atoms with Crippen molar-refractivity contribution in [3.63, 3.8) is 0 Å². The van der Waals surface area contributed by atoms with Crippen molar-refractivity contribution < 1.29 is 9.16 Å². The standard InChI is InChI=1S/C10H22O2Si/c1-8(9-7-11-9)12-13(5,6)10(2,3)4/h8-9H,7H2,1-6H3/t8-,9-/m1/s1. The molecule has 1 aliphatic heterocycles. The van der Waals surface area contributed by atoms with Crippen molar-refractivity contribution in [3.8, 4) is 0 Å². The third-order valence-electron chi connectivity index (χ3n) is 3.17. The molecule has 0 aromatic heterocycles. The van der Waals surface area contributed by atoms with Gasteiger partial charge in [0.2, 0.25) is 0 Å². The van der Waals surface area contributed by atoms with Crippen LogP contribution in [0.15, 0.2) is 0 Å². The summed E-state index contributed by atoms with van der Waals surface area (Å²) in [6.45, 7) is 14.4. The molecule has 0 amide bonds. The first kappa shape index (κ1) is 11.2. The molecule has 0 aromatic rings. The summed E-state index contributed by atoms with van der Waals surface area (Å²) in [4.78, 5) is 0. The molecule has 0 aliphatic carbocycles. The summed E-state index contributed by atoms with van der Waals surface area (Å²) in [5.74, 6) is 0. The zero-order chi connectivity index (χ0) is 10.3. The lowest BCUT2D eigenvalue weighted by Crippen LogP contribution is -2.44. The van der Waals surface area contributed by atoms with Crippen LogP contribution in [-0.2, 0) is 9.16 Å². The minimum Gasteiger partial charge on any atom is -0.411 e. The third-order valence-corrected chi connectivity index (χ3v) is 7.74. The van der Waals surface area contributed by atoms with Gasteiger partial charge in [-0.05, 0) is 25.1 Å². The second-order valence-electron chi connectivity index (χ2n) is 5.46. The van der Waals surface area contributed by atoms with E-state index in [1.165, 1.54) is 0 Å². The van der Waals surface area contributed by atoms with Gasteiger partial charge in [-0.3, -0.25) is 0 Å². The molecule has 1 fully saturated rings. The van der Waals surface area contributed by atoms with Crippen LogP contribution in [0.25, 0.3) is 0 Å². The molecule has 13 heavy (non-hydrogen) atoms. The van der Waals surface area contributed by atoms with Crippen molar-refractivity contribution in [2.75, 3.05) is 6.61 Å². The Morgan fingerprint density at radius 1 is 1.38 bits per heavy atom. The lowest BCUT2D eigenvalue weighted by molar-refractivity contribution is 0.159. The summed E-state index contributed by atoms with van der Waals surface area (Å²) in [6, 6.07) is 0. The van der Waals surface area contributed by atoms with Crippen molar-refractivity contribution in [2.24, 2.45) is 0 Å². The maximum Gasteiger partial charge on any atom is 0.192 e. The number of epoxide rings is 1. The largest absolute Gasteiger partial charge is 0.411 e. The molecule has 2 nitrogen and oxygen atoms in total. The normalized spacial score (nSPS) is 25.8. The molecule has 1 saturated heterocycles. The maximum absolute atomic E-state index is 6.14. The van der Waals surface area contributed by atoms with Crippen LogP contribution in [0.5, 0.6) is 0 Å². The molecule has 0 aromatic carbocycles. The van der Waals surface area contributed by atoms with E-state index in [0.29, 0.717) is 11.1 Å². The molecule has 0 unspecified atom stereocenters. The highest BCUT2D eigenvalue weighted by Crippen LogP contribution is 2.38. The van der Waals surface area contributed by atoms with Gasteiger partial charge in [0.15, 0.2) is 8.32 Å². The van der Waals surface area contributed by atoms with Crippen LogP contribution >= 0.6 is 0 Å². The Balaban J connectivity index is 2.49. The molecule has 1 aliphatic rings. The van der Waals surface area contributed by atoms with Crippen molar-refractivity contribution in [3.05, 3.63) is 0 Å². The molecule has 0 N–H and O–H groups in total. The smallest absolute Gasteiger partial charge is 0.192 e. The fourth-order valence-electron chi connectivity index (χ4n) is 1.04. The maximum atomic E-state index is 6.14. The molecule has 1 heterocycles. The summed E-state index contributed by atoms with van der Waals surface area (Å²) in [5.41, 5.74) is 0. The molecule has 1 rings (SSSR count). The van der Waals surface area contributed by atoms with E-state index < -0.39 is 8.32 Å². The van der Waals surface area contributed by atoms with Crippen molar-refractivity contribution in [1.82, 2.24) is 0 Å². The average Bonchev–Trinajstić information content (AvgIpc) is 2.62. The van der Waals surface area contributed by atoms with Gasteiger partial charge in [0.25, 0.3) is 0 Å². The lowest BCUT2D eigenvalue weighted by atomic mass is 10.2. The highest BCUT2D eigenvalue weighted by Gasteiger charge is 2.41.